The molecule has 0 fully saturated rings. The minimum absolute atomic E-state index is 0.271. The van der Waals surface area contributed by atoms with E-state index in [-0.39, 0.29) is 18.2 Å². The van der Waals surface area contributed by atoms with Crippen molar-refractivity contribution in [2.45, 2.75) is 13.0 Å². The number of nitrogens with one attached hydrogen (secondary N) is 2. The van der Waals surface area contributed by atoms with Gasteiger partial charge in [-0.2, -0.15) is 0 Å². The van der Waals surface area contributed by atoms with Gasteiger partial charge in [-0.15, -0.1) is 0 Å². The molecule has 0 spiro atoms. The van der Waals surface area contributed by atoms with E-state index in [1.165, 1.54) is 0 Å². The van der Waals surface area contributed by atoms with Crippen molar-refractivity contribution in [3.63, 3.8) is 0 Å². The third kappa shape index (κ3) is 4.61. The summed E-state index contributed by atoms with van der Waals surface area (Å²) >= 11 is 3.40. The quantitative estimate of drug-likeness (QED) is 0.814. The summed E-state index contributed by atoms with van der Waals surface area (Å²) in [5, 5.41) is 5.04. The summed E-state index contributed by atoms with van der Waals surface area (Å²) in [7, 11) is 0. The third-order valence-electron chi connectivity index (χ3n) is 3.33. The van der Waals surface area contributed by atoms with Crippen molar-refractivity contribution < 1.29 is 18.4 Å². The molecule has 0 saturated carbocycles. The SMILES string of the molecule is CC(NC(=O)CNC(=O)c1ccc(F)cc1F)c1ccccc1Br. The average molecular weight is 397 g/mol. The van der Waals surface area contributed by atoms with Crippen LogP contribution in [0.15, 0.2) is 46.9 Å². The molecule has 7 heteroatoms. The fraction of sp³-hybridized carbons (Fsp3) is 0.176. The van der Waals surface area contributed by atoms with Crippen LogP contribution in [0.3, 0.4) is 0 Å². The zero-order valence-electron chi connectivity index (χ0n) is 12.8. The number of carbonyl (C=O) groups is 2. The van der Waals surface area contributed by atoms with Crippen LogP contribution in [0.4, 0.5) is 8.78 Å². The Morgan fingerprint density at radius 2 is 1.88 bits per heavy atom. The van der Waals surface area contributed by atoms with Crippen LogP contribution in [0.25, 0.3) is 0 Å². The minimum atomic E-state index is -0.977. The van der Waals surface area contributed by atoms with E-state index in [9.17, 15) is 18.4 Å². The van der Waals surface area contributed by atoms with E-state index in [0.717, 1.165) is 22.2 Å². The Balaban J connectivity index is 1.91. The number of rotatable bonds is 5. The largest absolute Gasteiger partial charge is 0.348 e. The molecule has 2 aromatic carbocycles. The van der Waals surface area contributed by atoms with E-state index in [1.54, 1.807) is 6.92 Å². The molecule has 0 radical (unpaired) electrons. The van der Waals surface area contributed by atoms with Crippen molar-refractivity contribution in [1.29, 1.82) is 0 Å². The molecule has 24 heavy (non-hydrogen) atoms. The van der Waals surface area contributed by atoms with Crippen LogP contribution in [0, 0.1) is 11.6 Å². The van der Waals surface area contributed by atoms with E-state index in [1.807, 2.05) is 24.3 Å². The monoisotopic (exact) mass is 396 g/mol. The lowest BCUT2D eigenvalue weighted by Gasteiger charge is -2.16. The number of hydrogen-bond donors (Lipinski definition) is 2. The van der Waals surface area contributed by atoms with Gasteiger partial charge in [0.25, 0.3) is 5.91 Å². The minimum Gasteiger partial charge on any atom is -0.348 e. The fourth-order valence-electron chi connectivity index (χ4n) is 2.13. The summed E-state index contributed by atoms with van der Waals surface area (Å²) in [6.07, 6.45) is 0. The Bertz CT molecular complexity index is 768. The first-order valence-corrected chi connectivity index (χ1v) is 7.95. The molecule has 0 bridgehead atoms. The molecule has 126 valence electrons. The lowest BCUT2D eigenvalue weighted by molar-refractivity contribution is -0.120. The van der Waals surface area contributed by atoms with Gasteiger partial charge in [-0.25, -0.2) is 8.78 Å². The van der Waals surface area contributed by atoms with Gasteiger partial charge in [0.1, 0.15) is 11.6 Å². The van der Waals surface area contributed by atoms with Gasteiger partial charge < -0.3 is 10.6 Å². The van der Waals surface area contributed by atoms with Crippen LogP contribution in [0.5, 0.6) is 0 Å². The highest BCUT2D eigenvalue weighted by atomic mass is 79.9. The molecular weight excluding hydrogens is 382 g/mol. The van der Waals surface area contributed by atoms with Crippen LogP contribution in [0.2, 0.25) is 0 Å². The fourth-order valence-corrected chi connectivity index (χ4v) is 2.75. The van der Waals surface area contributed by atoms with Gasteiger partial charge >= 0.3 is 0 Å². The Kier molecular flexibility index (Phi) is 6.03. The van der Waals surface area contributed by atoms with E-state index < -0.39 is 23.4 Å². The highest BCUT2D eigenvalue weighted by molar-refractivity contribution is 9.10. The predicted molar refractivity (Wildman–Crippen MR) is 89.4 cm³/mol. The smallest absolute Gasteiger partial charge is 0.254 e. The van der Waals surface area contributed by atoms with Crippen molar-refractivity contribution in [3.05, 3.63) is 69.7 Å². The van der Waals surface area contributed by atoms with Crippen molar-refractivity contribution in [2.75, 3.05) is 6.54 Å². The van der Waals surface area contributed by atoms with Gasteiger partial charge in [0, 0.05) is 10.5 Å². The summed E-state index contributed by atoms with van der Waals surface area (Å²) in [6.45, 7) is 1.49. The maximum Gasteiger partial charge on any atom is 0.254 e. The van der Waals surface area contributed by atoms with Crippen molar-refractivity contribution in [1.82, 2.24) is 10.6 Å². The number of amides is 2. The standard InChI is InChI=1S/C17H15BrF2N2O2/c1-10(12-4-2-3-5-14(12)18)22-16(23)9-21-17(24)13-7-6-11(19)8-15(13)20/h2-8,10H,9H2,1H3,(H,21,24)(H,22,23). The molecule has 0 aromatic heterocycles. The van der Waals surface area contributed by atoms with Gasteiger partial charge in [0.15, 0.2) is 0 Å². The molecule has 0 aliphatic carbocycles. The molecule has 1 unspecified atom stereocenters. The first kappa shape index (κ1) is 18.1. The molecule has 4 nitrogen and oxygen atoms in total. The van der Waals surface area contributed by atoms with E-state index >= 15 is 0 Å². The van der Waals surface area contributed by atoms with E-state index in [0.29, 0.717) is 6.07 Å². The predicted octanol–water partition coefficient (Wildman–Crippen LogP) is 3.33. The Morgan fingerprint density at radius 3 is 2.54 bits per heavy atom. The molecule has 0 heterocycles. The molecule has 2 rings (SSSR count). The summed E-state index contributed by atoms with van der Waals surface area (Å²) in [6, 6.07) is 9.78. The summed E-state index contributed by atoms with van der Waals surface area (Å²) in [5.74, 6) is -2.95. The Morgan fingerprint density at radius 1 is 1.17 bits per heavy atom. The van der Waals surface area contributed by atoms with Gasteiger partial charge in [-0.3, -0.25) is 9.59 Å². The van der Waals surface area contributed by atoms with Gasteiger partial charge in [0.05, 0.1) is 18.2 Å². The van der Waals surface area contributed by atoms with Crippen molar-refractivity contribution in [2.24, 2.45) is 0 Å². The third-order valence-corrected chi connectivity index (χ3v) is 4.06. The first-order chi connectivity index (χ1) is 11.4. The number of carbonyl (C=O) groups excluding carboxylic acids is 2. The van der Waals surface area contributed by atoms with Crippen molar-refractivity contribution >= 4 is 27.7 Å². The van der Waals surface area contributed by atoms with Crippen LogP contribution >= 0.6 is 15.9 Å². The zero-order valence-corrected chi connectivity index (χ0v) is 14.4. The topological polar surface area (TPSA) is 58.2 Å². The van der Waals surface area contributed by atoms with Crippen LogP contribution in [-0.4, -0.2) is 18.4 Å². The molecule has 2 amide bonds. The lowest BCUT2D eigenvalue weighted by Crippen LogP contribution is -2.38. The summed E-state index contributed by atoms with van der Waals surface area (Å²) in [5.41, 5.74) is 0.574. The van der Waals surface area contributed by atoms with Gasteiger partial charge in [-0.1, -0.05) is 34.1 Å². The molecule has 0 saturated heterocycles. The maximum atomic E-state index is 13.5. The summed E-state index contributed by atoms with van der Waals surface area (Å²) in [4.78, 5) is 23.7. The molecule has 2 aromatic rings. The molecule has 0 aliphatic rings. The second-order valence-corrected chi connectivity index (χ2v) is 5.97. The van der Waals surface area contributed by atoms with Gasteiger partial charge in [0.2, 0.25) is 5.91 Å². The van der Waals surface area contributed by atoms with Crippen LogP contribution in [-0.2, 0) is 4.79 Å². The highest BCUT2D eigenvalue weighted by Crippen LogP contribution is 2.22. The first-order valence-electron chi connectivity index (χ1n) is 7.15. The number of hydrogen-bond acceptors (Lipinski definition) is 2. The van der Waals surface area contributed by atoms with Crippen LogP contribution in [0.1, 0.15) is 28.9 Å². The molecule has 0 aliphatic heterocycles. The Hall–Kier alpha value is -2.28. The van der Waals surface area contributed by atoms with E-state index in [2.05, 4.69) is 26.6 Å². The normalized spacial score (nSPS) is 11.7. The number of benzene rings is 2. The molecular formula is C17H15BrF2N2O2. The zero-order chi connectivity index (χ0) is 17.7. The van der Waals surface area contributed by atoms with E-state index in [4.69, 9.17) is 0 Å². The van der Waals surface area contributed by atoms with Crippen molar-refractivity contribution in [3.8, 4) is 0 Å². The Labute approximate surface area is 146 Å². The summed E-state index contributed by atoms with van der Waals surface area (Å²) < 4.78 is 27.2. The lowest BCUT2D eigenvalue weighted by atomic mass is 10.1. The van der Waals surface area contributed by atoms with Crippen LogP contribution < -0.4 is 10.6 Å². The molecule has 1 atom stereocenters. The second kappa shape index (κ2) is 8.01. The average Bonchev–Trinajstić information content (AvgIpc) is 2.53. The molecule has 2 N–H and O–H groups in total. The highest BCUT2D eigenvalue weighted by Gasteiger charge is 2.15. The second-order valence-electron chi connectivity index (χ2n) is 5.12. The maximum absolute atomic E-state index is 13.5. The number of halogens is 3. The van der Waals surface area contributed by atoms with Gasteiger partial charge in [-0.05, 0) is 30.7 Å².